The van der Waals surface area contributed by atoms with E-state index in [1.807, 2.05) is 78.9 Å². The van der Waals surface area contributed by atoms with Gasteiger partial charge < -0.3 is 20.5 Å². The Morgan fingerprint density at radius 2 is 1.72 bits per heavy atom. The molecule has 3 unspecified atom stereocenters. The molecule has 0 spiro atoms. The second kappa shape index (κ2) is 8.68. The van der Waals surface area contributed by atoms with Gasteiger partial charge in [0.2, 0.25) is 11.8 Å². The Bertz CT molecular complexity index is 1490. The zero-order chi connectivity index (χ0) is 24.8. The van der Waals surface area contributed by atoms with E-state index in [4.69, 9.17) is 0 Å². The van der Waals surface area contributed by atoms with Crippen LogP contribution in [0.2, 0.25) is 0 Å². The number of amides is 3. The molecule has 7 heteroatoms. The minimum absolute atomic E-state index is 0.166. The van der Waals surface area contributed by atoms with Crippen LogP contribution in [0.15, 0.2) is 78.9 Å². The zero-order valence-corrected chi connectivity index (χ0v) is 19.8. The fourth-order valence-corrected chi connectivity index (χ4v) is 5.45. The average molecular weight is 479 g/mol. The maximum Gasteiger partial charge on any atom is 0.255 e. The van der Waals surface area contributed by atoms with Gasteiger partial charge in [-0.1, -0.05) is 66.7 Å². The number of hydrogen-bond donors (Lipinski definition) is 3. The molecule has 0 saturated heterocycles. The highest BCUT2D eigenvalue weighted by Gasteiger charge is 2.49. The van der Waals surface area contributed by atoms with Crippen LogP contribution in [0.4, 0.5) is 0 Å². The van der Waals surface area contributed by atoms with Crippen molar-refractivity contribution in [2.75, 3.05) is 0 Å². The molecule has 180 valence electrons. The summed E-state index contributed by atoms with van der Waals surface area (Å²) in [6.07, 6.45) is 0.375. The first-order valence-electron chi connectivity index (χ1n) is 12.2. The predicted octanol–water partition coefficient (Wildman–Crippen LogP) is 3.46. The molecule has 2 aliphatic rings. The lowest BCUT2D eigenvalue weighted by Crippen LogP contribution is -2.55. The van der Waals surface area contributed by atoms with Gasteiger partial charge in [-0.15, -0.1) is 0 Å². The third-order valence-electron chi connectivity index (χ3n) is 7.22. The largest absolute Gasteiger partial charge is 0.356 e. The molecule has 0 fully saturated rings. The average Bonchev–Trinajstić information content (AvgIpc) is 3.43. The van der Waals surface area contributed by atoms with Crippen LogP contribution < -0.4 is 10.6 Å². The third-order valence-corrected chi connectivity index (χ3v) is 7.22. The number of rotatable bonds is 5. The number of para-hydroxylation sites is 1. The Balaban J connectivity index is 1.29. The van der Waals surface area contributed by atoms with E-state index >= 15 is 0 Å². The third kappa shape index (κ3) is 3.55. The van der Waals surface area contributed by atoms with Crippen molar-refractivity contribution in [3.8, 4) is 0 Å². The van der Waals surface area contributed by atoms with E-state index in [1.54, 1.807) is 11.8 Å². The second-order valence-corrected chi connectivity index (χ2v) is 9.42. The van der Waals surface area contributed by atoms with Crippen molar-refractivity contribution in [2.24, 2.45) is 0 Å². The van der Waals surface area contributed by atoms with E-state index in [9.17, 15) is 14.4 Å². The first kappa shape index (κ1) is 22.1. The summed E-state index contributed by atoms with van der Waals surface area (Å²) in [5, 5.41) is 6.79. The van der Waals surface area contributed by atoms with Crippen LogP contribution in [-0.4, -0.2) is 39.7 Å². The van der Waals surface area contributed by atoms with Crippen LogP contribution in [-0.2, 0) is 22.6 Å². The number of fused-ring (bicyclic) bond motifs is 7. The van der Waals surface area contributed by atoms with Gasteiger partial charge >= 0.3 is 0 Å². The molecule has 3 N–H and O–H groups in total. The molecule has 0 saturated carbocycles. The van der Waals surface area contributed by atoms with Gasteiger partial charge in [0.1, 0.15) is 12.1 Å². The number of aromatic nitrogens is 1. The van der Waals surface area contributed by atoms with Gasteiger partial charge in [-0.25, -0.2) is 0 Å². The number of carbonyl (C=O) groups excluding carboxylic acids is 3. The fourth-order valence-electron chi connectivity index (χ4n) is 5.45. The number of H-pyrrole nitrogens is 1. The number of nitrogens with one attached hydrogen (secondary N) is 3. The highest BCUT2D eigenvalue weighted by atomic mass is 16.2. The molecular formula is C29H26N4O3. The van der Waals surface area contributed by atoms with Crippen molar-refractivity contribution in [1.29, 1.82) is 0 Å². The molecule has 36 heavy (non-hydrogen) atoms. The topological polar surface area (TPSA) is 94.3 Å². The lowest BCUT2D eigenvalue weighted by molar-refractivity contribution is -0.131. The van der Waals surface area contributed by atoms with Gasteiger partial charge in [-0.2, -0.15) is 0 Å². The summed E-state index contributed by atoms with van der Waals surface area (Å²) in [4.78, 5) is 45.0. The standard InChI is InChI=1S/C29H26N4O3/c1-17(27(34)30-16-18-9-3-2-4-10-18)31-28(35)24-15-22-19-11-7-8-14-23(19)32-25(22)26-20-12-5-6-13-21(20)29(36)33(24)26/h2-14,17,24,26,32H,15-16H2,1H3,(H,30,34)(H,31,35). The lowest BCUT2D eigenvalue weighted by Gasteiger charge is -2.37. The smallest absolute Gasteiger partial charge is 0.255 e. The molecule has 0 aliphatic carbocycles. The number of carbonyl (C=O) groups is 3. The number of nitrogens with zero attached hydrogens (tertiary/aromatic N) is 1. The number of aromatic amines is 1. The summed E-state index contributed by atoms with van der Waals surface area (Å²) >= 11 is 0. The first-order chi connectivity index (χ1) is 17.5. The SMILES string of the molecule is CC(NC(=O)C1Cc2c([nH]c3ccccc23)C2c3ccccc3C(=O)N12)C(=O)NCc1ccccc1. The molecule has 2 aliphatic heterocycles. The molecule has 4 aromatic rings. The zero-order valence-electron chi connectivity index (χ0n) is 19.8. The van der Waals surface area contributed by atoms with Gasteiger partial charge in [0.25, 0.3) is 5.91 Å². The normalized spacial score (nSPS) is 18.8. The van der Waals surface area contributed by atoms with Gasteiger partial charge in [0.15, 0.2) is 0 Å². The van der Waals surface area contributed by atoms with Crippen molar-refractivity contribution in [1.82, 2.24) is 20.5 Å². The molecule has 7 nitrogen and oxygen atoms in total. The van der Waals surface area contributed by atoms with Gasteiger partial charge in [0, 0.05) is 35.1 Å². The van der Waals surface area contributed by atoms with Crippen molar-refractivity contribution in [3.63, 3.8) is 0 Å². The van der Waals surface area contributed by atoms with Crippen molar-refractivity contribution < 1.29 is 14.4 Å². The second-order valence-electron chi connectivity index (χ2n) is 9.42. The monoisotopic (exact) mass is 478 g/mol. The van der Waals surface area contributed by atoms with E-state index in [-0.39, 0.29) is 23.8 Å². The van der Waals surface area contributed by atoms with E-state index < -0.39 is 12.1 Å². The molecule has 6 rings (SSSR count). The minimum Gasteiger partial charge on any atom is -0.356 e. The lowest BCUT2D eigenvalue weighted by atomic mass is 9.90. The van der Waals surface area contributed by atoms with Gasteiger partial charge in [-0.3, -0.25) is 14.4 Å². The van der Waals surface area contributed by atoms with Crippen LogP contribution in [0.1, 0.15) is 45.7 Å². The Labute approximate surface area is 208 Å². The summed E-state index contributed by atoms with van der Waals surface area (Å²) in [5.41, 5.74) is 5.45. The van der Waals surface area contributed by atoms with Crippen molar-refractivity contribution in [3.05, 3.63) is 107 Å². The number of hydrogen-bond acceptors (Lipinski definition) is 3. The Morgan fingerprint density at radius 1 is 1.00 bits per heavy atom. The summed E-state index contributed by atoms with van der Waals surface area (Å²) < 4.78 is 0. The highest BCUT2D eigenvalue weighted by Crippen LogP contribution is 2.46. The van der Waals surface area contributed by atoms with Gasteiger partial charge in [-0.05, 0) is 35.7 Å². The molecule has 3 atom stereocenters. The molecule has 3 aromatic carbocycles. The number of benzene rings is 3. The molecular weight excluding hydrogens is 452 g/mol. The molecule has 3 amide bonds. The summed E-state index contributed by atoms with van der Waals surface area (Å²) in [7, 11) is 0. The van der Waals surface area contributed by atoms with Crippen LogP contribution >= 0.6 is 0 Å². The quantitative estimate of drug-likeness (QED) is 0.410. The van der Waals surface area contributed by atoms with E-state index in [0.717, 1.165) is 33.3 Å². The summed E-state index contributed by atoms with van der Waals surface area (Å²) in [6, 6.07) is 23.3. The Kier molecular flexibility index (Phi) is 5.33. The van der Waals surface area contributed by atoms with E-state index in [1.165, 1.54) is 0 Å². The van der Waals surface area contributed by atoms with E-state index in [2.05, 4.69) is 15.6 Å². The fraction of sp³-hybridized carbons (Fsp3) is 0.207. The van der Waals surface area contributed by atoms with Crippen molar-refractivity contribution in [2.45, 2.75) is 38.0 Å². The predicted molar refractivity (Wildman–Crippen MR) is 136 cm³/mol. The maximum absolute atomic E-state index is 13.6. The van der Waals surface area contributed by atoms with Crippen LogP contribution in [0.25, 0.3) is 10.9 Å². The highest BCUT2D eigenvalue weighted by molar-refractivity contribution is 6.04. The van der Waals surface area contributed by atoms with Gasteiger partial charge in [0.05, 0.1) is 6.04 Å². The maximum atomic E-state index is 13.6. The minimum atomic E-state index is -0.746. The summed E-state index contributed by atoms with van der Waals surface area (Å²) in [6.45, 7) is 2.04. The molecule has 0 bridgehead atoms. The van der Waals surface area contributed by atoms with Crippen molar-refractivity contribution >= 4 is 28.6 Å². The van der Waals surface area contributed by atoms with Crippen LogP contribution in [0.5, 0.6) is 0 Å². The molecule has 1 aromatic heterocycles. The first-order valence-corrected chi connectivity index (χ1v) is 12.2. The Morgan fingerprint density at radius 3 is 2.56 bits per heavy atom. The molecule has 3 heterocycles. The van der Waals surface area contributed by atoms with Crippen LogP contribution in [0.3, 0.4) is 0 Å². The van der Waals surface area contributed by atoms with Crippen LogP contribution in [0, 0.1) is 0 Å². The Hall–Kier alpha value is -4.39. The molecule has 0 radical (unpaired) electrons. The van der Waals surface area contributed by atoms with E-state index in [0.29, 0.717) is 18.5 Å². The summed E-state index contributed by atoms with van der Waals surface area (Å²) in [5.74, 6) is -0.774.